The molecule has 1 aromatic heterocycles. The van der Waals surface area contributed by atoms with Crippen LogP contribution >= 0.6 is 11.6 Å². The van der Waals surface area contributed by atoms with Crippen LogP contribution in [0.2, 0.25) is 5.02 Å². The summed E-state index contributed by atoms with van der Waals surface area (Å²) in [5.74, 6) is 0.458. The van der Waals surface area contributed by atoms with Crippen molar-refractivity contribution in [3.63, 3.8) is 0 Å². The topological polar surface area (TPSA) is 57.8 Å². The normalized spacial score (nSPS) is 10.8. The van der Waals surface area contributed by atoms with Crippen LogP contribution in [0.25, 0.3) is 11.3 Å². The summed E-state index contributed by atoms with van der Waals surface area (Å²) in [6.07, 6.45) is 2.51. The Morgan fingerprint density at radius 3 is 2.70 bits per heavy atom. The molecule has 2 rings (SSSR count). The van der Waals surface area contributed by atoms with Crippen molar-refractivity contribution in [3.05, 3.63) is 41.0 Å². The number of halogens is 1. The zero-order valence-electron chi connectivity index (χ0n) is 11.6. The first-order chi connectivity index (χ1) is 9.58. The van der Waals surface area contributed by atoms with Crippen molar-refractivity contribution in [1.82, 2.24) is 15.5 Å². The highest BCUT2D eigenvalue weighted by atomic mass is 35.5. The van der Waals surface area contributed by atoms with Crippen LogP contribution in [-0.4, -0.2) is 22.6 Å². The maximum atomic E-state index is 12.2. The summed E-state index contributed by atoms with van der Waals surface area (Å²) >= 11 is 5.87. The molecule has 0 radical (unpaired) electrons. The van der Waals surface area contributed by atoms with E-state index in [2.05, 4.69) is 29.4 Å². The van der Waals surface area contributed by atoms with Crippen LogP contribution < -0.4 is 5.32 Å². The van der Waals surface area contributed by atoms with Gasteiger partial charge in [-0.05, 0) is 24.5 Å². The monoisotopic (exact) mass is 291 g/mol. The van der Waals surface area contributed by atoms with Crippen LogP contribution in [-0.2, 0) is 0 Å². The average molecular weight is 292 g/mol. The van der Waals surface area contributed by atoms with Gasteiger partial charge in [-0.1, -0.05) is 37.6 Å². The van der Waals surface area contributed by atoms with E-state index >= 15 is 0 Å². The first kappa shape index (κ1) is 14.6. The van der Waals surface area contributed by atoms with E-state index in [4.69, 9.17) is 11.6 Å². The number of H-pyrrole nitrogens is 1. The third kappa shape index (κ3) is 3.61. The van der Waals surface area contributed by atoms with E-state index in [9.17, 15) is 4.79 Å². The van der Waals surface area contributed by atoms with E-state index in [1.54, 1.807) is 18.3 Å². The zero-order chi connectivity index (χ0) is 14.5. The fourth-order valence-corrected chi connectivity index (χ4v) is 1.99. The van der Waals surface area contributed by atoms with Gasteiger partial charge in [0.2, 0.25) is 0 Å². The van der Waals surface area contributed by atoms with Crippen molar-refractivity contribution >= 4 is 17.5 Å². The number of rotatable bonds is 5. The lowest BCUT2D eigenvalue weighted by Crippen LogP contribution is -2.25. The van der Waals surface area contributed by atoms with E-state index in [1.807, 2.05) is 12.1 Å². The molecule has 0 bridgehead atoms. The van der Waals surface area contributed by atoms with Crippen LogP contribution in [0.4, 0.5) is 0 Å². The summed E-state index contributed by atoms with van der Waals surface area (Å²) < 4.78 is 0. The van der Waals surface area contributed by atoms with Crippen molar-refractivity contribution in [2.45, 2.75) is 20.3 Å². The highest BCUT2D eigenvalue weighted by Crippen LogP contribution is 2.22. The van der Waals surface area contributed by atoms with Gasteiger partial charge in [0, 0.05) is 17.1 Å². The molecule has 0 aliphatic rings. The molecule has 1 heterocycles. The van der Waals surface area contributed by atoms with Crippen LogP contribution in [0, 0.1) is 5.92 Å². The first-order valence-electron chi connectivity index (χ1n) is 6.65. The maximum absolute atomic E-state index is 12.2. The quantitative estimate of drug-likeness (QED) is 0.886. The first-order valence-corrected chi connectivity index (χ1v) is 7.03. The molecule has 0 saturated carbocycles. The number of carbonyl (C=O) groups excluding carboxylic acids is 1. The second kappa shape index (κ2) is 6.57. The molecule has 0 spiro atoms. The minimum Gasteiger partial charge on any atom is -0.352 e. The number of nitrogens with one attached hydrogen (secondary N) is 2. The predicted molar refractivity (Wildman–Crippen MR) is 80.8 cm³/mol. The number of carbonyl (C=O) groups is 1. The lowest BCUT2D eigenvalue weighted by molar-refractivity contribution is 0.0952. The summed E-state index contributed by atoms with van der Waals surface area (Å²) in [7, 11) is 0. The fraction of sp³-hybridized carbons (Fsp3) is 0.333. The van der Waals surface area contributed by atoms with Crippen molar-refractivity contribution in [2.75, 3.05) is 6.54 Å². The summed E-state index contributed by atoms with van der Waals surface area (Å²) in [5, 5.41) is 10.4. The molecule has 0 aliphatic carbocycles. The third-order valence-electron chi connectivity index (χ3n) is 3.02. The molecule has 0 aliphatic heterocycles. The number of nitrogens with zero attached hydrogens (tertiary/aromatic N) is 1. The van der Waals surface area contributed by atoms with Crippen LogP contribution in [0.5, 0.6) is 0 Å². The summed E-state index contributed by atoms with van der Waals surface area (Å²) in [6.45, 7) is 4.92. The van der Waals surface area contributed by atoms with Gasteiger partial charge in [0.25, 0.3) is 5.91 Å². The maximum Gasteiger partial charge on any atom is 0.255 e. The second-order valence-corrected chi connectivity index (χ2v) is 5.54. The molecule has 0 unspecified atom stereocenters. The number of aromatic amines is 1. The molecule has 0 saturated heterocycles. The molecule has 0 fully saturated rings. The molecular weight excluding hydrogens is 274 g/mol. The van der Waals surface area contributed by atoms with Gasteiger partial charge in [0.1, 0.15) is 0 Å². The molecule has 4 nitrogen and oxygen atoms in total. The van der Waals surface area contributed by atoms with Crippen LogP contribution in [0.3, 0.4) is 0 Å². The van der Waals surface area contributed by atoms with Gasteiger partial charge in [-0.2, -0.15) is 5.10 Å². The number of amides is 1. The zero-order valence-corrected chi connectivity index (χ0v) is 12.4. The molecule has 1 amide bonds. The minimum absolute atomic E-state index is 0.107. The van der Waals surface area contributed by atoms with E-state index in [0.29, 0.717) is 28.7 Å². The lowest BCUT2D eigenvalue weighted by atomic mass is 10.1. The number of benzene rings is 1. The predicted octanol–water partition coefficient (Wildman–Crippen LogP) is 3.51. The molecular formula is C15H18ClN3O. The molecule has 106 valence electrons. The second-order valence-electron chi connectivity index (χ2n) is 5.10. The van der Waals surface area contributed by atoms with Gasteiger partial charge in [-0.3, -0.25) is 9.89 Å². The van der Waals surface area contributed by atoms with E-state index in [1.165, 1.54) is 0 Å². The standard InChI is InChI=1S/C15H18ClN3O/c1-10(2)7-8-17-15(20)13-9-18-19-14(13)11-3-5-12(16)6-4-11/h3-6,9-10H,7-8H2,1-2H3,(H,17,20)(H,18,19). The minimum atomic E-state index is -0.107. The lowest BCUT2D eigenvalue weighted by Gasteiger charge is -2.07. The molecule has 1 aromatic carbocycles. The van der Waals surface area contributed by atoms with Crippen molar-refractivity contribution < 1.29 is 4.79 Å². The van der Waals surface area contributed by atoms with Crippen molar-refractivity contribution in [1.29, 1.82) is 0 Å². The van der Waals surface area contributed by atoms with E-state index < -0.39 is 0 Å². The smallest absolute Gasteiger partial charge is 0.255 e. The van der Waals surface area contributed by atoms with Crippen LogP contribution in [0.1, 0.15) is 30.6 Å². The summed E-state index contributed by atoms with van der Waals surface area (Å²) in [4.78, 5) is 12.2. The molecule has 2 N–H and O–H groups in total. The number of hydrogen-bond acceptors (Lipinski definition) is 2. The van der Waals surface area contributed by atoms with E-state index in [-0.39, 0.29) is 5.91 Å². The summed E-state index contributed by atoms with van der Waals surface area (Å²) in [6, 6.07) is 7.30. The highest BCUT2D eigenvalue weighted by molar-refractivity contribution is 6.30. The number of aromatic nitrogens is 2. The van der Waals surface area contributed by atoms with Crippen molar-refractivity contribution in [3.8, 4) is 11.3 Å². The van der Waals surface area contributed by atoms with Gasteiger partial charge in [-0.25, -0.2) is 0 Å². The van der Waals surface area contributed by atoms with Gasteiger partial charge in [-0.15, -0.1) is 0 Å². The molecule has 5 heteroatoms. The Balaban J connectivity index is 2.12. The SMILES string of the molecule is CC(C)CCNC(=O)c1cn[nH]c1-c1ccc(Cl)cc1. The van der Waals surface area contributed by atoms with Gasteiger partial charge in [0.05, 0.1) is 17.5 Å². The Labute approximate surface area is 123 Å². The number of hydrogen-bond donors (Lipinski definition) is 2. The fourth-order valence-electron chi connectivity index (χ4n) is 1.86. The Morgan fingerprint density at radius 2 is 2.05 bits per heavy atom. The average Bonchev–Trinajstić information content (AvgIpc) is 2.88. The highest BCUT2D eigenvalue weighted by Gasteiger charge is 2.14. The Morgan fingerprint density at radius 1 is 1.35 bits per heavy atom. The molecule has 0 atom stereocenters. The largest absolute Gasteiger partial charge is 0.352 e. The molecule has 20 heavy (non-hydrogen) atoms. The van der Waals surface area contributed by atoms with Crippen LogP contribution in [0.15, 0.2) is 30.5 Å². The Hall–Kier alpha value is -1.81. The van der Waals surface area contributed by atoms with Gasteiger partial charge < -0.3 is 5.32 Å². The van der Waals surface area contributed by atoms with E-state index in [0.717, 1.165) is 12.0 Å². The van der Waals surface area contributed by atoms with Crippen molar-refractivity contribution in [2.24, 2.45) is 5.92 Å². The molecule has 2 aromatic rings. The van der Waals surface area contributed by atoms with Gasteiger partial charge in [0.15, 0.2) is 0 Å². The third-order valence-corrected chi connectivity index (χ3v) is 3.28. The Kier molecular flexibility index (Phi) is 4.79. The summed E-state index contributed by atoms with van der Waals surface area (Å²) in [5.41, 5.74) is 2.15. The Bertz CT molecular complexity index is 575. The van der Waals surface area contributed by atoms with Gasteiger partial charge >= 0.3 is 0 Å².